The summed E-state index contributed by atoms with van der Waals surface area (Å²) < 4.78 is 7.44. The van der Waals surface area contributed by atoms with Crippen molar-refractivity contribution in [2.75, 3.05) is 0 Å². The highest BCUT2D eigenvalue weighted by atomic mass is 32.2. The number of aromatic nitrogens is 4. The Kier molecular flexibility index (Phi) is 3.84. The number of benzene rings is 1. The summed E-state index contributed by atoms with van der Waals surface area (Å²) in [6.45, 7) is 3.81. The topological polar surface area (TPSA) is 99.8 Å². The van der Waals surface area contributed by atoms with Crippen LogP contribution in [0, 0.1) is 6.92 Å². The molecule has 1 aromatic carbocycles. The maximum atomic E-state index is 11.2. The zero-order chi connectivity index (χ0) is 15.7. The van der Waals surface area contributed by atoms with Crippen molar-refractivity contribution in [3.05, 3.63) is 36.0 Å². The van der Waals surface area contributed by atoms with Gasteiger partial charge in [-0.3, -0.25) is 9.36 Å². The molecule has 0 bridgehead atoms. The van der Waals surface area contributed by atoms with E-state index < -0.39 is 5.91 Å². The lowest BCUT2D eigenvalue weighted by atomic mass is 10.3. The first-order chi connectivity index (χ1) is 10.5. The maximum Gasteiger partial charge on any atom is 0.237 e. The second-order valence-corrected chi connectivity index (χ2v) is 6.17. The summed E-state index contributed by atoms with van der Waals surface area (Å²) in [5.41, 5.74) is 6.83. The highest BCUT2D eigenvalue weighted by molar-refractivity contribution is 7.99. The first kappa shape index (κ1) is 14.6. The van der Waals surface area contributed by atoms with Gasteiger partial charge in [-0.15, -0.1) is 10.2 Å². The van der Waals surface area contributed by atoms with Crippen molar-refractivity contribution in [3.63, 3.8) is 0 Å². The molecule has 3 rings (SSSR count). The zero-order valence-corrected chi connectivity index (χ0v) is 13.0. The van der Waals surface area contributed by atoms with E-state index in [1.54, 1.807) is 11.5 Å². The van der Waals surface area contributed by atoms with Crippen LogP contribution in [0.5, 0.6) is 0 Å². The number of nitrogens with two attached hydrogens (primary N) is 1. The Balaban J connectivity index is 1.85. The molecule has 0 saturated carbocycles. The van der Waals surface area contributed by atoms with Gasteiger partial charge in [0.25, 0.3) is 0 Å². The Bertz CT molecular complexity index is 793. The molecule has 2 aromatic heterocycles. The molecule has 8 heteroatoms. The molecule has 2 N–H and O–H groups in total. The number of carbonyl (C=O) groups is 1. The van der Waals surface area contributed by atoms with Crippen molar-refractivity contribution in [1.29, 1.82) is 0 Å². The number of thioether (sulfide) groups is 1. The lowest BCUT2D eigenvalue weighted by Crippen LogP contribution is -2.20. The van der Waals surface area contributed by atoms with E-state index in [-0.39, 0.29) is 11.8 Å². The molecule has 0 aliphatic heterocycles. The van der Waals surface area contributed by atoms with Gasteiger partial charge in [0.2, 0.25) is 11.8 Å². The number of rotatable bonds is 5. The number of fused-ring (bicyclic) bond motifs is 1. The largest absolute Gasteiger partial charge is 0.439 e. The van der Waals surface area contributed by atoms with Gasteiger partial charge in [-0.1, -0.05) is 23.9 Å². The SMILES string of the molecule is Cc1nnc(SC(C)c2nc3ccccc3o2)n1CC(N)=O. The predicted octanol–water partition coefficient (Wildman–Crippen LogP) is 2.07. The Morgan fingerprint density at radius 3 is 2.91 bits per heavy atom. The summed E-state index contributed by atoms with van der Waals surface area (Å²) in [7, 11) is 0. The highest BCUT2D eigenvalue weighted by Crippen LogP contribution is 2.34. The lowest BCUT2D eigenvalue weighted by Gasteiger charge is -2.08. The normalized spacial score (nSPS) is 12.6. The van der Waals surface area contributed by atoms with Crippen LogP contribution in [0.25, 0.3) is 11.1 Å². The van der Waals surface area contributed by atoms with Gasteiger partial charge in [0.15, 0.2) is 10.7 Å². The number of nitrogens with zero attached hydrogens (tertiary/aromatic N) is 4. The van der Waals surface area contributed by atoms with Gasteiger partial charge in [-0.2, -0.15) is 0 Å². The Morgan fingerprint density at radius 2 is 2.18 bits per heavy atom. The minimum absolute atomic E-state index is 0.0570. The second-order valence-electron chi connectivity index (χ2n) is 4.86. The fraction of sp³-hybridized carbons (Fsp3) is 0.286. The molecular weight excluding hydrogens is 302 g/mol. The van der Waals surface area contributed by atoms with E-state index in [0.717, 1.165) is 11.1 Å². The number of amides is 1. The summed E-state index contributed by atoms with van der Waals surface area (Å²) in [6, 6.07) is 7.60. The third-order valence-corrected chi connectivity index (χ3v) is 4.22. The van der Waals surface area contributed by atoms with Crippen LogP contribution in [0.3, 0.4) is 0 Å². The number of aryl methyl sites for hydroxylation is 1. The van der Waals surface area contributed by atoms with Crippen LogP contribution in [-0.4, -0.2) is 25.7 Å². The standard InChI is InChI=1S/C14H15N5O2S/c1-8(13-16-10-5-3-4-6-11(10)21-13)22-14-18-17-9(2)19(14)7-12(15)20/h3-6,8H,7H2,1-2H3,(H2,15,20). The molecule has 0 fully saturated rings. The quantitative estimate of drug-likeness (QED) is 0.723. The van der Waals surface area contributed by atoms with Gasteiger partial charge in [-0.05, 0) is 26.0 Å². The van der Waals surface area contributed by atoms with Crippen molar-refractivity contribution in [3.8, 4) is 0 Å². The number of hydrogen-bond donors (Lipinski definition) is 1. The lowest BCUT2D eigenvalue weighted by molar-refractivity contribution is -0.118. The van der Waals surface area contributed by atoms with Crippen molar-refractivity contribution in [2.45, 2.75) is 30.8 Å². The number of hydrogen-bond acceptors (Lipinski definition) is 6. The molecule has 3 aromatic rings. The third kappa shape index (κ3) is 2.82. The molecule has 0 aliphatic carbocycles. The zero-order valence-electron chi connectivity index (χ0n) is 12.2. The minimum Gasteiger partial charge on any atom is -0.439 e. The Morgan fingerprint density at radius 1 is 1.41 bits per heavy atom. The molecule has 1 atom stereocenters. The Hall–Kier alpha value is -2.35. The van der Waals surface area contributed by atoms with Crippen LogP contribution in [-0.2, 0) is 11.3 Å². The third-order valence-electron chi connectivity index (χ3n) is 3.16. The summed E-state index contributed by atoms with van der Waals surface area (Å²) >= 11 is 1.43. The number of primary amides is 1. The van der Waals surface area contributed by atoms with E-state index in [2.05, 4.69) is 15.2 Å². The molecular formula is C14H15N5O2S. The van der Waals surface area contributed by atoms with Crippen LogP contribution < -0.4 is 5.73 Å². The van der Waals surface area contributed by atoms with Crippen LogP contribution in [0.15, 0.2) is 33.8 Å². The smallest absolute Gasteiger partial charge is 0.237 e. The second kappa shape index (κ2) is 5.80. The van der Waals surface area contributed by atoms with E-state index in [9.17, 15) is 4.79 Å². The minimum atomic E-state index is -0.431. The molecule has 1 unspecified atom stereocenters. The average Bonchev–Trinajstić information content (AvgIpc) is 3.05. The fourth-order valence-corrected chi connectivity index (χ4v) is 2.99. The fourth-order valence-electron chi connectivity index (χ4n) is 2.06. The van der Waals surface area contributed by atoms with Crippen LogP contribution in [0.2, 0.25) is 0 Å². The van der Waals surface area contributed by atoms with E-state index >= 15 is 0 Å². The highest BCUT2D eigenvalue weighted by Gasteiger charge is 2.19. The average molecular weight is 317 g/mol. The summed E-state index contributed by atoms with van der Waals surface area (Å²) in [5, 5.41) is 8.63. The van der Waals surface area contributed by atoms with Gasteiger partial charge in [0, 0.05) is 0 Å². The molecule has 0 radical (unpaired) electrons. The molecule has 2 heterocycles. The molecule has 7 nitrogen and oxygen atoms in total. The van der Waals surface area contributed by atoms with E-state index in [4.69, 9.17) is 10.2 Å². The van der Waals surface area contributed by atoms with Crippen molar-refractivity contribution in [2.24, 2.45) is 5.73 Å². The van der Waals surface area contributed by atoms with E-state index in [1.165, 1.54) is 11.8 Å². The van der Waals surface area contributed by atoms with Crippen LogP contribution in [0.1, 0.15) is 23.9 Å². The van der Waals surface area contributed by atoms with Crippen molar-refractivity contribution < 1.29 is 9.21 Å². The first-order valence-electron chi connectivity index (χ1n) is 6.75. The van der Waals surface area contributed by atoms with E-state index in [0.29, 0.717) is 16.9 Å². The van der Waals surface area contributed by atoms with Gasteiger partial charge < -0.3 is 10.2 Å². The van der Waals surface area contributed by atoms with Crippen LogP contribution >= 0.6 is 11.8 Å². The molecule has 22 heavy (non-hydrogen) atoms. The number of para-hydroxylation sites is 2. The molecule has 0 spiro atoms. The van der Waals surface area contributed by atoms with Crippen molar-refractivity contribution >= 4 is 28.8 Å². The Labute approximate surface area is 130 Å². The number of oxazole rings is 1. The van der Waals surface area contributed by atoms with Crippen molar-refractivity contribution in [1.82, 2.24) is 19.7 Å². The molecule has 0 aliphatic rings. The van der Waals surface area contributed by atoms with Gasteiger partial charge in [0.05, 0.1) is 5.25 Å². The summed E-state index contributed by atoms with van der Waals surface area (Å²) in [6.07, 6.45) is 0. The first-order valence-corrected chi connectivity index (χ1v) is 7.63. The summed E-state index contributed by atoms with van der Waals surface area (Å²) in [4.78, 5) is 15.6. The number of carbonyl (C=O) groups excluding carboxylic acids is 1. The molecule has 1 amide bonds. The maximum absolute atomic E-state index is 11.2. The van der Waals surface area contributed by atoms with Gasteiger partial charge >= 0.3 is 0 Å². The van der Waals surface area contributed by atoms with E-state index in [1.807, 2.05) is 31.2 Å². The molecule has 0 saturated heterocycles. The van der Waals surface area contributed by atoms with Crippen LogP contribution in [0.4, 0.5) is 0 Å². The predicted molar refractivity (Wildman–Crippen MR) is 82.2 cm³/mol. The summed E-state index contributed by atoms with van der Waals surface area (Å²) in [5.74, 6) is 0.822. The van der Waals surface area contributed by atoms with Gasteiger partial charge in [0.1, 0.15) is 17.9 Å². The van der Waals surface area contributed by atoms with Gasteiger partial charge in [-0.25, -0.2) is 4.98 Å². The monoisotopic (exact) mass is 317 g/mol. The molecule has 114 valence electrons.